The summed E-state index contributed by atoms with van der Waals surface area (Å²) in [6, 6.07) is 0. The number of nitrogens with two attached hydrogens (primary N) is 1. The molecular formula is C9H12N6OS. The lowest BCUT2D eigenvalue weighted by molar-refractivity contribution is -0.116. The van der Waals surface area contributed by atoms with Crippen molar-refractivity contribution < 1.29 is 4.79 Å². The van der Waals surface area contributed by atoms with Gasteiger partial charge in [-0.15, -0.1) is 16.4 Å². The van der Waals surface area contributed by atoms with Crippen LogP contribution >= 0.6 is 11.3 Å². The zero-order chi connectivity index (χ0) is 12.3. The fourth-order valence-corrected chi connectivity index (χ4v) is 1.91. The first kappa shape index (κ1) is 11.7. The number of nitrogens with zero attached hydrogens (tertiary/aromatic N) is 4. The van der Waals surface area contributed by atoms with Crippen LogP contribution in [0.2, 0.25) is 0 Å². The molecule has 2 aromatic rings. The molecule has 0 bridgehead atoms. The summed E-state index contributed by atoms with van der Waals surface area (Å²) in [4.78, 5) is 16.7. The molecule has 0 atom stereocenters. The lowest BCUT2D eigenvalue weighted by atomic mass is 10.5. The quantitative estimate of drug-likeness (QED) is 0.806. The SMILES string of the molecule is Cc1cnc(NC(=O)Cn2cc(CN)nn2)s1. The maximum Gasteiger partial charge on any atom is 0.247 e. The van der Waals surface area contributed by atoms with Crippen molar-refractivity contribution in [2.45, 2.75) is 20.0 Å². The summed E-state index contributed by atoms with van der Waals surface area (Å²) in [5.41, 5.74) is 6.05. The summed E-state index contributed by atoms with van der Waals surface area (Å²) in [5.74, 6) is -0.187. The monoisotopic (exact) mass is 252 g/mol. The zero-order valence-electron chi connectivity index (χ0n) is 9.25. The Bertz CT molecular complexity index is 519. The molecule has 0 spiro atoms. The second-order valence-electron chi connectivity index (χ2n) is 3.44. The Morgan fingerprint density at radius 3 is 3.06 bits per heavy atom. The molecule has 2 rings (SSSR count). The van der Waals surface area contributed by atoms with E-state index in [1.54, 1.807) is 12.4 Å². The smallest absolute Gasteiger partial charge is 0.247 e. The topological polar surface area (TPSA) is 98.7 Å². The number of aryl methyl sites for hydroxylation is 1. The van der Waals surface area contributed by atoms with E-state index < -0.39 is 0 Å². The molecule has 90 valence electrons. The van der Waals surface area contributed by atoms with Crippen molar-refractivity contribution in [3.63, 3.8) is 0 Å². The largest absolute Gasteiger partial charge is 0.325 e. The van der Waals surface area contributed by atoms with Crippen LogP contribution in [0.5, 0.6) is 0 Å². The van der Waals surface area contributed by atoms with Crippen LogP contribution < -0.4 is 11.1 Å². The van der Waals surface area contributed by atoms with Crippen molar-refractivity contribution in [3.8, 4) is 0 Å². The van der Waals surface area contributed by atoms with Crippen molar-refractivity contribution in [3.05, 3.63) is 23.0 Å². The molecule has 0 fully saturated rings. The van der Waals surface area contributed by atoms with Crippen LogP contribution in [0.25, 0.3) is 0 Å². The molecule has 0 aliphatic rings. The lowest BCUT2D eigenvalue weighted by Gasteiger charge is -2.00. The van der Waals surface area contributed by atoms with Crippen molar-refractivity contribution >= 4 is 22.4 Å². The normalized spacial score (nSPS) is 10.5. The van der Waals surface area contributed by atoms with E-state index in [1.807, 2.05) is 6.92 Å². The molecule has 2 aromatic heterocycles. The number of hydrogen-bond acceptors (Lipinski definition) is 6. The van der Waals surface area contributed by atoms with Gasteiger partial charge in [-0.05, 0) is 6.92 Å². The number of hydrogen-bond donors (Lipinski definition) is 2. The molecule has 17 heavy (non-hydrogen) atoms. The molecule has 0 aromatic carbocycles. The highest BCUT2D eigenvalue weighted by atomic mass is 32.1. The van der Waals surface area contributed by atoms with E-state index >= 15 is 0 Å². The van der Waals surface area contributed by atoms with Crippen molar-refractivity contribution in [1.82, 2.24) is 20.0 Å². The Morgan fingerprint density at radius 2 is 2.47 bits per heavy atom. The first-order valence-corrected chi connectivity index (χ1v) is 5.80. The summed E-state index contributed by atoms with van der Waals surface area (Å²) < 4.78 is 1.44. The van der Waals surface area contributed by atoms with E-state index in [4.69, 9.17) is 5.73 Å². The third-order valence-electron chi connectivity index (χ3n) is 1.97. The number of carbonyl (C=O) groups excluding carboxylic acids is 1. The van der Waals surface area contributed by atoms with Gasteiger partial charge in [0, 0.05) is 17.6 Å². The fraction of sp³-hybridized carbons (Fsp3) is 0.333. The fourth-order valence-electron chi connectivity index (χ4n) is 1.23. The van der Waals surface area contributed by atoms with Crippen LogP contribution in [0.1, 0.15) is 10.6 Å². The molecule has 7 nitrogen and oxygen atoms in total. The predicted octanol–water partition coefficient (Wildman–Crippen LogP) is 0.140. The third kappa shape index (κ3) is 3.08. The van der Waals surface area contributed by atoms with Gasteiger partial charge in [0.25, 0.3) is 0 Å². The average Bonchev–Trinajstić information content (AvgIpc) is 2.88. The predicted molar refractivity (Wildman–Crippen MR) is 63.4 cm³/mol. The Balaban J connectivity index is 1.93. The van der Waals surface area contributed by atoms with Gasteiger partial charge in [-0.1, -0.05) is 5.21 Å². The summed E-state index contributed by atoms with van der Waals surface area (Å²) in [6.07, 6.45) is 3.36. The second-order valence-corrected chi connectivity index (χ2v) is 4.67. The molecule has 3 N–H and O–H groups in total. The van der Waals surface area contributed by atoms with E-state index in [9.17, 15) is 4.79 Å². The maximum atomic E-state index is 11.6. The number of nitrogens with one attached hydrogen (secondary N) is 1. The van der Waals surface area contributed by atoms with Gasteiger partial charge in [-0.25, -0.2) is 9.67 Å². The minimum absolute atomic E-state index is 0.103. The summed E-state index contributed by atoms with van der Waals surface area (Å²) in [7, 11) is 0. The standard InChI is InChI=1S/C9H12N6OS/c1-6-3-11-9(17-6)12-8(16)5-15-4-7(2-10)13-14-15/h3-4H,2,5,10H2,1H3,(H,11,12,16). The number of aromatic nitrogens is 4. The van der Waals surface area contributed by atoms with E-state index in [0.717, 1.165) is 4.88 Å². The Hall–Kier alpha value is -1.80. The zero-order valence-corrected chi connectivity index (χ0v) is 10.1. The van der Waals surface area contributed by atoms with E-state index in [2.05, 4.69) is 20.6 Å². The van der Waals surface area contributed by atoms with Gasteiger partial charge < -0.3 is 11.1 Å². The Labute approximate surface area is 102 Å². The maximum absolute atomic E-state index is 11.6. The van der Waals surface area contributed by atoms with Gasteiger partial charge in [-0.2, -0.15) is 0 Å². The van der Waals surface area contributed by atoms with Crippen LogP contribution in [-0.2, 0) is 17.9 Å². The van der Waals surface area contributed by atoms with Gasteiger partial charge in [-0.3, -0.25) is 4.79 Å². The number of thiazole rings is 1. The van der Waals surface area contributed by atoms with Crippen LogP contribution in [0.3, 0.4) is 0 Å². The van der Waals surface area contributed by atoms with Crippen LogP contribution in [0.15, 0.2) is 12.4 Å². The number of carbonyl (C=O) groups is 1. The molecule has 1 amide bonds. The second kappa shape index (κ2) is 5.02. The molecule has 0 unspecified atom stereocenters. The van der Waals surface area contributed by atoms with Crippen LogP contribution in [0, 0.1) is 6.92 Å². The highest BCUT2D eigenvalue weighted by Gasteiger charge is 2.07. The molecule has 0 aliphatic heterocycles. The first-order valence-electron chi connectivity index (χ1n) is 4.98. The molecule has 8 heteroatoms. The van der Waals surface area contributed by atoms with E-state index in [1.165, 1.54) is 16.0 Å². The number of rotatable bonds is 4. The first-order chi connectivity index (χ1) is 8.17. The van der Waals surface area contributed by atoms with Crippen molar-refractivity contribution in [2.75, 3.05) is 5.32 Å². The van der Waals surface area contributed by atoms with Gasteiger partial charge in [0.15, 0.2) is 5.13 Å². The van der Waals surface area contributed by atoms with Crippen LogP contribution in [0.4, 0.5) is 5.13 Å². The van der Waals surface area contributed by atoms with Gasteiger partial charge in [0.1, 0.15) is 6.54 Å². The highest BCUT2D eigenvalue weighted by Crippen LogP contribution is 2.16. The number of anilines is 1. The molecule has 0 saturated carbocycles. The molecule has 2 heterocycles. The summed E-state index contributed by atoms with van der Waals surface area (Å²) in [5, 5.41) is 10.9. The average molecular weight is 252 g/mol. The van der Waals surface area contributed by atoms with Crippen molar-refractivity contribution in [1.29, 1.82) is 0 Å². The van der Waals surface area contributed by atoms with E-state index in [0.29, 0.717) is 17.4 Å². The number of amides is 1. The van der Waals surface area contributed by atoms with Gasteiger partial charge in [0.2, 0.25) is 5.91 Å². The van der Waals surface area contributed by atoms with Crippen LogP contribution in [-0.4, -0.2) is 25.9 Å². The third-order valence-corrected chi connectivity index (χ3v) is 2.80. The molecular weight excluding hydrogens is 240 g/mol. The summed E-state index contributed by atoms with van der Waals surface area (Å²) in [6.45, 7) is 2.34. The lowest BCUT2D eigenvalue weighted by Crippen LogP contribution is -2.19. The Morgan fingerprint density at radius 1 is 1.65 bits per heavy atom. The highest BCUT2D eigenvalue weighted by molar-refractivity contribution is 7.15. The molecule has 0 saturated heterocycles. The molecule has 0 radical (unpaired) electrons. The molecule has 0 aliphatic carbocycles. The Kier molecular flexibility index (Phi) is 3.45. The van der Waals surface area contributed by atoms with Gasteiger partial charge >= 0.3 is 0 Å². The van der Waals surface area contributed by atoms with Crippen molar-refractivity contribution in [2.24, 2.45) is 5.73 Å². The minimum Gasteiger partial charge on any atom is -0.325 e. The summed E-state index contributed by atoms with van der Waals surface area (Å²) >= 11 is 1.43. The van der Waals surface area contributed by atoms with Gasteiger partial charge in [0.05, 0.1) is 11.9 Å². The van der Waals surface area contributed by atoms with E-state index in [-0.39, 0.29) is 12.5 Å². The minimum atomic E-state index is -0.187.